The minimum Gasteiger partial charge on any atom is -0.384 e. The Kier molecular flexibility index (Phi) is 6.86. The van der Waals surface area contributed by atoms with E-state index in [1.165, 1.54) is 16.7 Å². The lowest BCUT2D eigenvalue weighted by Gasteiger charge is -2.26. The van der Waals surface area contributed by atoms with Crippen molar-refractivity contribution < 1.29 is 9.53 Å². The average molecular weight is 319 g/mol. The number of nitrogens with one attached hydrogen (secondary N) is 2. The molecule has 0 atom stereocenters. The Bertz CT molecular complexity index is 502. The normalized spacial score (nSPS) is 15.4. The fourth-order valence-electron chi connectivity index (χ4n) is 3.03. The summed E-state index contributed by atoms with van der Waals surface area (Å²) >= 11 is 0. The van der Waals surface area contributed by atoms with Crippen molar-refractivity contribution >= 4 is 11.6 Å². The van der Waals surface area contributed by atoms with Gasteiger partial charge < -0.3 is 15.4 Å². The first-order valence-electron chi connectivity index (χ1n) is 8.45. The summed E-state index contributed by atoms with van der Waals surface area (Å²) in [6.45, 7) is 12.1. The molecular weight excluding hydrogens is 290 g/mol. The molecule has 1 saturated heterocycles. The summed E-state index contributed by atoms with van der Waals surface area (Å²) in [5.74, 6) is 0.105. The lowest BCUT2D eigenvalue weighted by atomic mass is 10.1. The summed E-state index contributed by atoms with van der Waals surface area (Å²) in [5, 5.41) is 6.38. The standard InChI is InChI=1S/C18H29N3O2/c1-14-12-15(2)18(16(3)13-14)20-5-4-17(22)19-6-7-21-8-10-23-11-9-21/h12-13,20H,4-11H2,1-3H3,(H,19,22). The molecule has 1 aromatic rings. The number of aryl methyl sites for hydroxylation is 3. The van der Waals surface area contributed by atoms with E-state index in [2.05, 4.69) is 48.4 Å². The molecule has 1 heterocycles. The van der Waals surface area contributed by atoms with Gasteiger partial charge in [0, 0.05) is 44.8 Å². The lowest BCUT2D eigenvalue weighted by molar-refractivity contribution is -0.120. The van der Waals surface area contributed by atoms with Crippen molar-refractivity contribution in [3.8, 4) is 0 Å². The fourth-order valence-corrected chi connectivity index (χ4v) is 3.03. The van der Waals surface area contributed by atoms with E-state index < -0.39 is 0 Å². The number of ether oxygens (including phenoxy) is 1. The molecule has 0 aromatic heterocycles. The van der Waals surface area contributed by atoms with Gasteiger partial charge in [0.2, 0.25) is 5.91 Å². The van der Waals surface area contributed by atoms with Crippen molar-refractivity contribution in [2.75, 3.05) is 51.3 Å². The smallest absolute Gasteiger partial charge is 0.221 e. The van der Waals surface area contributed by atoms with E-state index in [9.17, 15) is 4.79 Å². The highest BCUT2D eigenvalue weighted by atomic mass is 16.5. The lowest BCUT2D eigenvalue weighted by Crippen LogP contribution is -2.41. The molecular formula is C18H29N3O2. The SMILES string of the molecule is Cc1cc(C)c(NCCC(=O)NCCN2CCOCC2)c(C)c1. The highest BCUT2D eigenvalue weighted by Gasteiger charge is 2.10. The number of benzene rings is 1. The fraction of sp³-hybridized carbons (Fsp3) is 0.611. The Hall–Kier alpha value is -1.59. The van der Waals surface area contributed by atoms with Crippen LogP contribution in [0.15, 0.2) is 12.1 Å². The molecule has 1 amide bonds. The van der Waals surface area contributed by atoms with Gasteiger partial charge in [-0.2, -0.15) is 0 Å². The van der Waals surface area contributed by atoms with Crippen LogP contribution in [-0.2, 0) is 9.53 Å². The van der Waals surface area contributed by atoms with Crippen molar-refractivity contribution in [3.05, 3.63) is 28.8 Å². The number of rotatable bonds is 7. The van der Waals surface area contributed by atoms with Gasteiger partial charge in [0.15, 0.2) is 0 Å². The van der Waals surface area contributed by atoms with E-state index in [1.807, 2.05) is 0 Å². The number of morpholine rings is 1. The van der Waals surface area contributed by atoms with Crippen LogP contribution in [0, 0.1) is 20.8 Å². The van der Waals surface area contributed by atoms with Crippen LogP contribution < -0.4 is 10.6 Å². The molecule has 0 spiro atoms. The van der Waals surface area contributed by atoms with E-state index in [0.29, 0.717) is 19.5 Å². The van der Waals surface area contributed by atoms with Crippen LogP contribution >= 0.6 is 0 Å². The zero-order chi connectivity index (χ0) is 16.7. The average Bonchev–Trinajstić information content (AvgIpc) is 2.51. The Balaban J connectivity index is 1.65. The molecule has 1 aromatic carbocycles. The van der Waals surface area contributed by atoms with Gasteiger partial charge in [-0.3, -0.25) is 9.69 Å². The van der Waals surface area contributed by atoms with Crippen LogP contribution in [0.5, 0.6) is 0 Å². The molecule has 0 saturated carbocycles. The van der Waals surface area contributed by atoms with E-state index in [1.54, 1.807) is 0 Å². The number of anilines is 1. The van der Waals surface area contributed by atoms with Crippen LogP contribution in [-0.4, -0.2) is 56.7 Å². The van der Waals surface area contributed by atoms with Crippen LogP contribution in [0.4, 0.5) is 5.69 Å². The van der Waals surface area contributed by atoms with Crippen LogP contribution in [0.3, 0.4) is 0 Å². The Morgan fingerprint density at radius 1 is 1.13 bits per heavy atom. The van der Waals surface area contributed by atoms with Gasteiger partial charge in [-0.15, -0.1) is 0 Å². The molecule has 0 radical (unpaired) electrons. The first-order chi connectivity index (χ1) is 11.1. The predicted molar refractivity (Wildman–Crippen MR) is 94.0 cm³/mol. The third-order valence-electron chi connectivity index (χ3n) is 4.18. The van der Waals surface area contributed by atoms with Crippen LogP contribution in [0.1, 0.15) is 23.1 Å². The number of nitrogens with zero attached hydrogens (tertiary/aromatic N) is 1. The molecule has 2 rings (SSSR count). The van der Waals surface area contributed by atoms with Crippen molar-refractivity contribution in [2.45, 2.75) is 27.2 Å². The summed E-state index contributed by atoms with van der Waals surface area (Å²) in [5.41, 5.74) is 4.88. The Morgan fingerprint density at radius 2 is 1.78 bits per heavy atom. The Labute approximate surface area is 139 Å². The maximum absolute atomic E-state index is 11.9. The molecule has 128 valence electrons. The second-order valence-electron chi connectivity index (χ2n) is 6.25. The van der Waals surface area contributed by atoms with E-state index in [4.69, 9.17) is 4.74 Å². The highest BCUT2D eigenvalue weighted by molar-refractivity contribution is 5.76. The molecule has 1 aliphatic heterocycles. The molecule has 23 heavy (non-hydrogen) atoms. The maximum atomic E-state index is 11.9. The monoisotopic (exact) mass is 319 g/mol. The molecule has 0 bridgehead atoms. The van der Waals surface area contributed by atoms with Crippen molar-refractivity contribution in [1.82, 2.24) is 10.2 Å². The number of carbonyl (C=O) groups excluding carboxylic acids is 1. The molecule has 1 aliphatic rings. The second kappa shape index (κ2) is 8.89. The molecule has 1 fully saturated rings. The number of hydrogen-bond acceptors (Lipinski definition) is 4. The number of hydrogen-bond donors (Lipinski definition) is 2. The third kappa shape index (κ3) is 5.84. The van der Waals surface area contributed by atoms with Gasteiger partial charge in [-0.1, -0.05) is 17.7 Å². The molecule has 5 nitrogen and oxygen atoms in total. The second-order valence-corrected chi connectivity index (χ2v) is 6.25. The zero-order valence-electron chi connectivity index (χ0n) is 14.6. The van der Waals surface area contributed by atoms with Gasteiger partial charge in [0.25, 0.3) is 0 Å². The first-order valence-corrected chi connectivity index (χ1v) is 8.45. The van der Waals surface area contributed by atoms with E-state index in [0.717, 1.165) is 38.5 Å². The first kappa shape index (κ1) is 17.8. The largest absolute Gasteiger partial charge is 0.384 e. The van der Waals surface area contributed by atoms with Gasteiger partial charge >= 0.3 is 0 Å². The molecule has 0 unspecified atom stereocenters. The summed E-state index contributed by atoms with van der Waals surface area (Å²) in [6.07, 6.45) is 0.496. The highest BCUT2D eigenvalue weighted by Crippen LogP contribution is 2.21. The van der Waals surface area contributed by atoms with Gasteiger partial charge in [-0.25, -0.2) is 0 Å². The maximum Gasteiger partial charge on any atom is 0.221 e. The Morgan fingerprint density at radius 3 is 2.43 bits per heavy atom. The number of amides is 1. The van der Waals surface area contributed by atoms with E-state index >= 15 is 0 Å². The van der Waals surface area contributed by atoms with Crippen LogP contribution in [0.25, 0.3) is 0 Å². The van der Waals surface area contributed by atoms with E-state index in [-0.39, 0.29) is 5.91 Å². The number of carbonyl (C=O) groups is 1. The van der Waals surface area contributed by atoms with Gasteiger partial charge in [0.1, 0.15) is 0 Å². The third-order valence-corrected chi connectivity index (χ3v) is 4.18. The zero-order valence-corrected chi connectivity index (χ0v) is 14.6. The topological polar surface area (TPSA) is 53.6 Å². The molecule has 5 heteroatoms. The van der Waals surface area contributed by atoms with Crippen molar-refractivity contribution in [1.29, 1.82) is 0 Å². The quantitative estimate of drug-likeness (QED) is 0.805. The molecule has 2 N–H and O–H groups in total. The summed E-state index contributed by atoms with van der Waals surface area (Å²) in [4.78, 5) is 14.2. The minimum atomic E-state index is 0.105. The summed E-state index contributed by atoms with van der Waals surface area (Å²) < 4.78 is 5.31. The van der Waals surface area contributed by atoms with Crippen molar-refractivity contribution in [3.63, 3.8) is 0 Å². The van der Waals surface area contributed by atoms with Gasteiger partial charge in [0.05, 0.1) is 13.2 Å². The minimum absolute atomic E-state index is 0.105. The van der Waals surface area contributed by atoms with Gasteiger partial charge in [-0.05, 0) is 31.9 Å². The van der Waals surface area contributed by atoms with Crippen LogP contribution in [0.2, 0.25) is 0 Å². The summed E-state index contributed by atoms with van der Waals surface area (Å²) in [7, 11) is 0. The predicted octanol–water partition coefficient (Wildman–Crippen LogP) is 1.86. The van der Waals surface area contributed by atoms with Crippen molar-refractivity contribution in [2.24, 2.45) is 0 Å². The summed E-state index contributed by atoms with van der Waals surface area (Å²) in [6, 6.07) is 4.33. The molecule has 0 aliphatic carbocycles.